The summed E-state index contributed by atoms with van der Waals surface area (Å²) in [6.45, 7) is 0.276. The molecule has 2 amide bonds. The first-order valence-corrected chi connectivity index (χ1v) is 19.2. The van der Waals surface area contributed by atoms with Gasteiger partial charge in [0.05, 0.1) is 24.9 Å². The molecule has 0 radical (unpaired) electrons. The molecule has 2 heterocycles. The molecule has 4 N–H and O–H groups in total. The molecule has 2 aromatic heterocycles. The summed E-state index contributed by atoms with van der Waals surface area (Å²) in [5, 5.41) is 9.33. The van der Waals surface area contributed by atoms with E-state index < -0.39 is 24.1 Å². The summed E-state index contributed by atoms with van der Waals surface area (Å²) in [4.78, 5) is 39.7. The summed E-state index contributed by atoms with van der Waals surface area (Å²) < 4.78 is 12.1. The second kappa shape index (κ2) is 16.0. The Balaban J connectivity index is 0.961. The van der Waals surface area contributed by atoms with E-state index in [1.807, 2.05) is 103 Å². The highest BCUT2D eigenvalue weighted by Gasteiger charge is 2.31. The molecule has 2 atom stereocenters. The number of amides is 2. The average molecular weight is 752 g/mol. The Morgan fingerprint density at radius 2 is 1.40 bits per heavy atom. The van der Waals surface area contributed by atoms with Gasteiger partial charge in [0.25, 0.3) is 0 Å². The van der Waals surface area contributed by atoms with Crippen LogP contribution in [0.2, 0.25) is 0 Å². The number of aromatic nitrogens is 3. The Bertz CT molecular complexity index is 2640. The molecular weight excluding hydrogens is 711 g/mol. The molecule has 0 unspecified atom stereocenters. The molecule has 9 nitrogen and oxygen atoms in total. The lowest BCUT2D eigenvalue weighted by atomic mass is 9.98. The largest absolute Gasteiger partial charge is 0.449 e. The molecule has 1 aliphatic carbocycles. The fraction of sp³-hybridized carbons (Fsp3) is 0.146. The van der Waals surface area contributed by atoms with Gasteiger partial charge in [-0.2, -0.15) is 0 Å². The zero-order valence-corrected chi connectivity index (χ0v) is 31.2. The number of benzene rings is 6. The van der Waals surface area contributed by atoms with E-state index in [9.17, 15) is 9.59 Å². The van der Waals surface area contributed by atoms with Crippen LogP contribution in [-0.2, 0) is 27.3 Å². The van der Waals surface area contributed by atoms with Crippen molar-refractivity contribution in [1.29, 1.82) is 0 Å². The van der Waals surface area contributed by atoms with Crippen LogP contribution in [-0.4, -0.2) is 46.2 Å². The summed E-state index contributed by atoms with van der Waals surface area (Å²) in [6, 6.07) is 46.9. The van der Waals surface area contributed by atoms with Gasteiger partial charge in [-0.3, -0.25) is 4.79 Å². The number of hydrogen-bond acceptors (Lipinski definition) is 5. The minimum Gasteiger partial charge on any atom is -0.449 e. The molecule has 9 rings (SSSR count). The highest BCUT2D eigenvalue weighted by molar-refractivity contribution is 5.87. The normalized spacial score (nSPS) is 13.2. The van der Waals surface area contributed by atoms with Crippen molar-refractivity contribution in [1.82, 2.24) is 25.6 Å². The number of aromatic amines is 2. The molecule has 8 aromatic rings. The van der Waals surface area contributed by atoms with Crippen LogP contribution in [0, 0.1) is 0 Å². The first-order valence-electron chi connectivity index (χ1n) is 19.2. The summed E-state index contributed by atoms with van der Waals surface area (Å²) in [6.07, 6.45) is 3.54. The molecule has 0 fully saturated rings. The molecule has 0 spiro atoms. The number of carbonyl (C=O) groups excluding carboxylic acids is 2. The Kier molecular flexibility index (Phi) is 10.0. The van der Waals surface area contributed by atoms with E-state index >= 15 is 0 Å². The van der Waals surface area contributed by atoms with E-state index in [0.29, 0.717) is 12.2 Å². The molecule has 57 heavy (non-hydrogen) atoms. The molecule has 0 saturated heterocycles. The summed E-state index contributed by atoms with van der Waals surface area (Å²) in [5.41, 5.74) is 9.16. The molecule has 282 valence electrons. The van der Waals surface area contributed by atoms with Crippen molar-refractivity contribution < 1.29 is 19.1 Å². The lowest BCUT2D eigenvalue weighted by Gasteiger charge is -2.23. The number of imidazole rings is 1. The molecule has 0 bridgehead atoms. The maximum Gasteiger partial charge on any atom is 0.407 e. The second-order valence-corrected chi connectivity index (χ2v) is 14.4. The molecule has 1 aliphatic rings. The number of para-hydroxylation sites is 1. The summed E-state index contributed by atoms with van der Waals surface area (Å²) in [5.74, 6) is 0.0341. The van der Waals surface area contributed by atoms with E-state index in [0.717, 1.165) is 66.3 Å². The van der Waals surface area contributed by atoms with Crippen molar-refractivity contribution in [3.05, 3.63) is 186 Å². The Morgan fingerprint density at radius 3 is 2.21 bits per heavy atom. The molecule has 6 aromatic carbocycles. The topological polar surface area (TPSA) is 121 Å². The number of alkyl carbamates (subject to hydrolysis) is 1. The number of rotatable bonds is 13. The Morgan fingerprint density at radius 1 is 0.702 bits per heavy atom. The van der Waals surface area contributed by atoms with Gasteiger partial charge in [-0.1, -0.05) is 133 Å². The van der Waals surface area contributed by atoms with Crippen molar-refractivity contribution in [2.75, 3.05) is 13.2 Å². The standard InChI is InChI=1S/C48H41N5O4/c54-47(52-43(25-35-26-49-42-21-11-10-16-36(35)42)46-50-27-44(51-46)33-13-2-1-3-14-33)45(30-56-28-31-22-23-32-12-4-5-15-34(32)24-31)53-48(55)57-29-41-39-19-8-6-17-37(39)38-18-7-9-20-40(38)41/h1-24,26-27,41,43,45,49H,25,28-30H2,(H,50,51)(H,52,54)(H,53,55)/t43-,45-/m1/s1. The summed E-state index contributed by atoms with van der Waals surface area (Å²) in [7, 11) is 0. The van der Waals surface area contributed by atoms with Gasteiger partial charge in [0.2, 0.25) is 5.91 Å². The molecule has 9 heteroatoms. The van der Waals surface area contributed by atoms with Crippen molar-refractivity contribution in [2.45, 2.75) is 31.0 Å². The first kappa shape index (κ1) is 35.7. The number of fused-ring (bicyclic) bond motifs is 5. The van der Waals surface area contributed by atoms with Crippen LogP contribution >= 0.6 is 0 Å². The van der Waals surface area contributed by atoms with Gasteiger partial charge in [-0.05, 0) is 56.3 Å². The smallest absolute Gasteiger partial charge is 0.407 e. The van der Waals surface area contributed by atoms with Crippen molar-refractivity contribution in [3.8, 4) is 22.4 Å². The maximum absolute atomic E-state index is 14.4. The van der Waals surface area contributed by atoms with Crippen LogP contribution in [0.15, 0.2) is 158 Å². The predicted molar refractivity (Wildman–Crippen MR) is 223 cm³/mol. The quantitative estimate of drug-likeness (QED) is 0.0937. The van der Waals surface area contributed by atoms with Crippen LogP contribution in [0.1, 0.15) is 40.0 Å². The zero-order valence-electron chi connectivity index (χ0n) is 31.2. The van der Waals surface area contributed by atoms with E-state index in [1.54, 1.807) is 0 Å². The lowest BCUT2D eigenvalue weighted by molar-refractivity contribution is -0.125. The van der Waals surface area contributed by atoms with Crippen LogP contribution in [0.5, 0.6) is 0 Å². The van der Waals surface area contributed by atoms with Gasteiger partial charge >= 0.3 is 6.09 Å². The highest BCUT2D eigenvalue weighted by Crippen LogP contribution is 2.44. The van der Waals surface area contributed by atoms with Gasteiger partial charge in [0.1, 0.15) is 18.5 Å². The molecule has 0 aliphatic heterocycles. The number of H-pyrrole nitrogens is 2. The lowest BCUT2D eigenvalue weighted by Crippen LogP contribution is -2.50. The fourth-order valence-corrected chi connectivity index (χ4v) is 7.87. The SMILES string of the molecule is O=C(N[C@H](COCc1ccc2ccccc2c1)C(=O)N[C@H](Cc1c[nH]c2ccccc12)c1nc(-c2ccccc2)c[nH]1)OCC1c2ccccc2-c2ccccc21. The summed E-state index contributed by atoms with van der Waals surface area (Å²) >= 11 is 0. The van der Waals surface area contributed by atoms with E-state index in [-0.39, 0.29) is 25.7 Å². The van der Waals surface area contributed by atoms with Gasteiger partial charge < -0.3 is 30.1 Å². The predicted octanol–water partition coefficient (Wildman–Crippen LogP) is 9.24. The molecule has 0 saturated carbocycles. The second-order valence-electron chi connectivity index (χ2n) is 14.4. The third-order valence-corrected chi connectivity index (χ3v) is 10.7. The number of hydrogen-bond donors (Lipinski definition) is 4. The Hall–Kier alpha value is -6.97. The number of nitrogens with zero attached hydrogens (tertiary/aromatic N) is 1. The minimum absolute atomic E-state index is 0.0872. The van der Waals surface area contributed by atoms with Gasteiger partial charge in [-0.25, -0.2) is 9.78 Å². The number of ether oxygens (including phenoxy) is 2. The van der Waals surface area contributed by atoms with Crippen LogP contribution in [0.25, 0.3) is 44.1 Å². The van der Waals surface area contributed by atoms with E-state index in [4.69, 9.17) is 14.5 Å². The van der Waals surface area contributed by atoms with Gasteiger partial charge in [0, 0.05) is 41.2 Å². The van der Waals surface area contributed by atoms with Gasteiger partial charge in [0.15, 0.2) is 0 Å². The van der Waals surface area contributed by atoms with Crippen molar-refractivity contribution in [2.24, 2.45) is 0 Å². The fourth-order valence-electron chi connectivity index (χ4n) is 7.87. The van der Waals surface area contributed by atoms with Crippen molar-refractivity contribution in [3.63, 3.8) is 0 Å². The first-order chi connectivity index (χ1) is 28.1. The third kappa shape index (κ3) is 7.65. The maximum atomic E-state index is 14.4. The monoisotopic (exact) mass is 751 g/mol. The van der Waals surface area contributed by atoms with Crippen LogP contribution in [0.4, 0.5) is 4.79 Å². The van der Waals surface area contributed by atoms with Gasteiger partial charge in [-0.15, -0.1) is 0 Å². The highest BCUT2D eigenvalue weighted by atomic mass is 16.5. The van der Waals surface area contributed by atoms with E-state index in [1.165, 1.54) is 0 Å². The van der Waals surface area contributed by atoms with Crippen molar-refractivity contribution >= 4 is 33.7 Å². The Labute approximate surface area is 330 Å². The van der Waals surface area contributed by atoms with Crippen LogP contribution in [0.3, 0.4) is 0 Å². The third-order valence-electron chi connectivity index (χ3n) is 10.7. The number of carbonyl (C=O) groups is 2. The average Bonchev–Trinajstić information content (AvgIpc) is 3.99. The minimum atomic E-state index is -1.07. The number of nitrogens with one attached hydrogen (secondary N) is 4. The van der Waals surface area contributed by atoms with Crippen LogP contribution < -0.4 is 10.6 Å². The zero-order chi connectivity index (χ0) is 38.6. The molecular formula is C48H41N5O4. The van der Waals surface area contributed by atoms with E-state index in [2.05, 4.69) is 75.2 Å².